The van der Waals surface area contributed by atoms with E-state index in [0.29, 0.717) is 12.4 Å². The Morgan fingerprint density at radius 1 is 1.11 bits per heavy atom. The van der Waals surface area contributed by atoms with E-state index in [1.165, 1.54) is 0 Å². The summed E-state index contributed by atoms with van der Waals surface area (Å²) in [5.41, 5.74) is 5.33. The molecule has 0 spiro atoms. The first-order chi connectivity index (χ1) is 8.49. The van der Waals surface area contributed by atoms with Crippen LogP contribution in [0, 0.1) is 0 Å². The van der Waals surface area contributed by atoms with Gasteiger partial charge in [-0.3, -0.25) is 0 Å². The second-order valence-corrected chi connectivity index (χ2v) is 4.66. The number of hydrogen-bond donors (Lipinski definition) is 1. The zero-order chi connectivity index (χ0) is 13.8. The van der Waals surface area contributed by atoms with Crippen LogP contribution in [-0.4, -0.2) is 21.6 Å². The van der Waals surface area contributed by atoms with Crippen molar-refractivity contribution in [2.24, 2.45) is 0 Å². The lowest BCUT2D eigenvalue weighted by atomic mass is 9.95. The van der Waals surface area contributed by atoms with Crippen LogP contribution in [0.25, 0.3) is 0 Å². The van der Waals surface area contributed by atoms with Crippen LogP contribution in [0.5, 0.6) is 0 Å². The summed E-state index contributed by atoms with van der Waals surface area (Å²) >= 11 is 0. The fraction of sp³-hybridized carbons (Fsp3) is 0.769. The molecule has 0 atom stereocenters. The maximum atomic E-state index is 5.90. The summed E-state index contributed by atoms with van der Waals surface area (Å²) in [5, 5.41) is 0. The maximum Gasteiger partial charge on any atom is 0.223 e. The van der Waals surface area contributed by atoms with Crippen molar-refractivity contribution in [1.29, 1.82) is 0 Å². The summed E-state index contributed by atoms with van der Waals surface area (Å²) in [6, 6.07) is 0. The maximum absolute atomic E-state index is 5.90. The first-order valence-corrected chi connectivity index (χ1v) is 6.64. The molecule has 0 aromatic carbocycles. The second-order valence-electron chi connectivity index (χ2n) is 4.66. The van der Waals surface area contributed by atoms with Crippen molar-refractivity contribution >= 4 is 5.95 Å². The van der Waals surface area contributed by atoms with Gasteiger partial charge in [0.15, 0.2) is 5.82 Å². The van der Waals surface area contributed by atoms with Crippen LogP contribution in [0.3, 0.4) is 0 Å². The normalized spacial score (nSPS) is 12.1. The summed E-state index contributed by atoms with van der Waals surface area (Å²) in [7, 11) is 0. The molecule has 1 rings (SSSR count). The lowest BCUT2D eigenvalue weighted by molar-refractivity contribution is -0.0573. The van der Waals surface area contributed by atoms with E-state index >= 15 is 0 Å². The lowest BCUT2D eigenvalue weighted by Gasteiger charge is -2.30. The fourth-order valence-corrected chi connectivity index (χ4v) is 1.98. The zero-order valence-corrected chi connectivity index (χ0v) is 12.0. The topological polar surface area (TPSA) is 73.9 Å². The van der Waals surface area contributed by atoms with Crippen LogP contribution >= 0.6 is 0 Å². The molecule has 0 radical (unpaired) electrons. The van der Waals surface area contributed by atoms with Gasteiger partial charge in [0, 0.05) is 12.5 Å². The average Bonchev–Trinajstić information content (AvgIpc) is 2.35. The van der Waals surface area contributed by atoms with Crippen LogP contribution < -0.4 is 5.73 Å². The van der Waals surface area contributed by atoms with Crippen molar-refractivity contribution in [2.45, 2.75) is 59.0 Å². The predicted octanol–water partition coefficient (Wildman–Crippen LogP) is 2.63. The SMILES string of the molecule is CCOC(CC)(CC)c1nc(N)nc(C(C)C)n1. The molecule has 0 aliphatic rings. The van der Waals surface area contributed by atoms with E-state index in [4.69, 9.17) is 10.5 Å². The Balaban J connectivity index is 3.27. The lowest BCUT2D eigenvalue weighted by Crippen LogP contribution is -2.32. The largest absolute Gasteiger partial charge is 0.368 e. The Bertz CT molecular complexity index is 389. The van der Waals surface area contributed by atoms with Crippen LogP contribution in [0.1, 0.15) is 65.0 Å². The minimum absolute atomic E-state index is 0.224. The first kappa shape index (κ1) is 14.8. The van der Waals surface area contributed by atoms with E-state index in [2.05, 4.69) is 28.8 Å². The number of nitrogen functional groups attached to an aromatic ring is 1. The number of nitrogens with two attached hydrogens (primary N) is 1. The standard InChI is InChI=1S/C13H24N4O/c1-6-13(7-2,18-8-3)11-15-10(9(4)5)16-12(14)17-11/h9H,6-8H2,1-5H3,(H2,14,15,16,17). The van der Waals surface area contributed by atoms with Gasteiger partial charge in [0.1, 0.15) is 11.4 Å². The molecule has 0 unspecified atom stereocenters. The Labute approximate surface area is 109 Å². The van der Waals surface area contributed by atoms with Gasteiger partial charge in [-0.15, -0.1) is 0 Å². The molecule has 18 heavy (non-hydrogen) atoms. The number of rotatable bonds is 6. The van der Waals surface area contributed by atoms with Gasteiger partial charge in [0.2, 0.25) is 5.95 Å². The monoisotopic (exact) mass is 252 g/mol. The molecule has 1 aromatic rings. The van der Waals surface area contributed by atoms with E-state index in [1.807, 2.05) is 20.8 Å². The molecule has 2 N–H and O–H groups in total. The highest BCUT2D eigenvalue weighted by Crippen LogP contribution is 2.31. The highest BCUT2D eigenvalue weighted by Gasteiger charge is 2.33. The van der Waals surface area contributed by atoms with Crippen molar-refractivity contribution < 1.29 is 4.74 Å². The van der Waals surface area contributed by atoms with E-state index in [9.17, 15) is 0 Å². The summed E-state index contributed by atoms with van der Waals surface area (Å²) < 4.78 is 5.90. The fourth-order valence-electron chi connectivity index (χ4n) is 1.98. The highest BCUT2D eigenvalue weighted by atomic mass is 16.5. The Hall–Kier alpha value is -1.23. The first-order valence-electron chi connectivity index (χ1n) is 6.64. The highest BCUT2D eigenvalue weighted by molar-refractivity contribution is 5.20. The summed E-state index contributed by atoms with van der Waals surface area (Å²) in [6.07, 6.45) is 1.64. The van der Waals surface area contributed by atoms with Crippen LogP contribution in [0.15, 0.2) is 0 Å². The molecule has 0 amide bonds. The zero-order valence-electron chi connectivity index (χ0n) is 12.0. The number of ether oxygens (including phenoxy) is 1. The Morgan fingerprint density at radius 2 is 1.72 bits per heavy atom. The van der Waals surface area contributed by atoms with Gasteiger partial charge in [-0.1, -0.05) is 27.7 Å². The molecular formula is C13H24N4O. The summed E-state index contributed by atoms with van der Waals surface area (Å²) in [4.78, 5) is 13.0. The van der Waals surface area contributed by atoms with Crippen molar-refractivity contribution in [3.63, 3.8) is 0 Å². The quantitative estimate of drug-likeness (QED) is 0.842. The number of aromatic nitrogens is 3. The summed E-state index contributed by atoms with van der Waals surface area (Å²) in [5.74, 6) is 1.88. The molecule has 102 valence electrons. The third-order valence-corrected chi connectivity index (χ3v) is 3.16. The molecule has 0 aliphatic carbocycles. The number of hydrogen-bond acceptors (Lipinski definition) is 5. The Kier molecular flexibility index (Phi) is 5.02. The van der Waals surface area contributed by atoms with Gasteiger partial charge >= 0.3 is 0 Å². The molecule has 0 aliphatic heterocycles. The number of anilines is 1. The molecule has 0 saturated carbocycles. The van der Waals surface area contributed by atoms with E-state index in [-0.39, 0.29) is 11.9 Å². The average molecular weight is 252 g/mol. The van der Waals surface area contributed by atoms with Crippen molar-refractivity contribution in [3.8, 4) is 0 Å². The van der Waals surface area contributed by atoms with Crippen LogP contribution in [0.4, 0.5) is 5.95 Å². The third kappa shape index (κ3) is 2.96. The molecule has 5 heteroatoms. The van der Waals surface area contributed by atoms with Gasteiger partial charge < -0.3 is 10.5 Å². The van der Waals surface area contributed by atoms with Crippen LogP contribution in [0.2, 0.25) is 0 Å². The minimum atomic E-state index is -0.449. The molecule has 1 heterocycles. The molecule has 0 fully saturated rings. The van der Waals surface area contributed by atoms with Crippen molar-refractivity contribution in [2.75, 3.05) is 12.3 Å². The molecule has 0 bridgehead atoms. The summed E-state index contributed by atoms with van der Waals surface area (Å²) in [6.45, 7) is 10.8. The predicted molar refractivity (Wildman–Crippen MR) is 72.2 cm³/mol. The van der Waals surface area contributed by atoms with E-state index in [1.54, 1.807) is 0 Å². The van der Waals surface area contributed by atoms with Crippen molar-refractivity contribution in [1.82, 2.24) is 15.0 Å². The van der Waals surface area contributed by atoms with Gasteiger partial charge in [-0.2, -0.15) is 9.97 Å². The van der Waals surface area contributed by atoms with E-state index in [0.717, 1.165) is 18.7 Å². The number of nitrogens with zero attached hydrogens (tertiary/aromatic N) is 3. The van der Waals surface area contributed by atoms with Crippen molar-refractivity contribution in [3.05, 3.63) is 11.6 Å². The molecule has 5 nitrogen and oxygen atoms in total. The second kappa shape index (κ2) is 6.09. The molecule has 0 saturated heterocycles. The van der Waals surface area contributed by atoms with Gasteiger partial charge in [0.05, 0.1) is 0 Å². The minimum Gasteiger partial charge on any atom is -0.368 e. The van der Waals surface area contributed by atoms with Gasteiger partial charge in [-0.25, -0.2) is 4.98 Å². The van der Waals surface area contributed by atoms with E-state index < -0.39 is 5.60 Å². The smallest absolute Gasteiger partial charge is 0.223 e. The molecular weight excluding hydrogens is 228 g/mol. The molecule has 1 aromatic heterocycles. The van der Waals surface area contributed by atoms with Gasteiger partial charge in [0.25, 0.3) is 0 Å². The third-order valence-electron chi connectivity index (χ3n) is 3.16. The van der Waals surface area contributed by atoms with Gasteiger partial charge in [-0.05, 0) is 19.8 Å². The van der Waals surface area contributed by atoms with Crippen LogP contribution in [-0.2, 0) is 10.3 Å². The Morgan fingerprint density at radius 3 is 2.17 bits per heavy atom.